The molecule has 1 fully saturated rings. The van der Waals surface area contributed by atoms with E-state index in [0.29, 0.717) is 6.54 Å². The first-order valence-corrected chi connectivity index (χ1v) is 7.98. The van der Waals surface area contributed by atoms with E-state index in [0.717, 1.165) is 11.6 Å². The Morgan fingerprint density at radius 3 is 2.69 bits per heavy atom. The van der Waals surface area contributed by atoms with Gasteiger partial charge in [-0.2, -0.15) is 0 Å². The molecule has 1 N–H and O–H groups in total. The second-order valence-corrected chi connectivity index (χ2v) is 5.68. The third kappa shape index (κ3) is 3.97. The second-order valence-electron chi connectivity index (χ2n) is 5.68. The highest BCUT2D eigenvalue weighted by molar-refractivity contribution is 5.93. The van der Waals surface area contributed by atoms with Crippen LogP contribution in [0.15, 0.2) is 48.5 Å². The van der Waals surface area contributed by atoms with Crippen molar-refractivity contribution < 1.29 is 24.0 Å². The van der Waals surface area contributed by atoms with Gasteiger partial charge in [-0.15, -0.1) is 0 Å². The van der Waals surface area contributed by atoms with E-state index in [9.17, 15) is 19.7 Å². The van der Waals surface area contributed by atoms with Crippen LogP contribution in [0.25, 0.3) is 0 Å². The number of nitro benzene ring substituents is 1. The Kier molecular flexibility index (Phi) is 5.12. The first kappa shape index (κ1) is 17.4. The number of rotatable bonds is 6. The standard InChI is InChI=1S/C18H16N2O6/c21-17(26-16-8-9-25-18(16)22)13-6-7-14(15(10-13)20(23)24)19-11-12-4-2-1-3-5-12/h1-7,10,16,19H,8-9,11H2/t16-/m0/s1. The van der Waals surface area contributed by atoms with Crippen molar-refractivity contribution in [1.82, 2.24) is 0 Å². The van der Waals surface area contributed by atoms with Crippen molar-refractivity contribution in [3.05, 3.63) is 69.8 Å². The molecule has 2 aromatic carbocycles. The second kappa shape index (κ2) is 7.64. The average molecular weight is 356 g/mol. The zero-order valence-corrected chi connectivity index (χ0v) is 13.7. The van der Waals surface area contributed by atoms with E-state index in [1.807, 2.05) is 30.3 Å². The number of hydrogen-bond acceptors (Lipinski definition) is 7. The van der Waals surface area contributed by atoms with E-state index in [2.05, 4.69) is 5.32 Å². The fraction of sp³-hybridized carbons (Fsp3) is 0.222. The van der Waals surface area contributed by atoms with E-state index in [4.69, 9.17) is 9.47 Å². The Morgan fingerprint density at radius 2 is 2.04 bits per heavy atom. The van der Waals surface area contributed by atoms with Gasteiger partial charge in [0.25, 0.3) is 5.69 Å². The highest BCUT2D eigenvalue weighted by Gasteiger charge is 2.31. The van der Waals surface area contributed by atoms with Crippen molar-refractivity contribution >= 4 is 23.3 Å². The number of nitrogens with zero attached hydrogens (tertiary/aromatic N) is 1. The summed E-state index contributed by atoms with van der Waals surface area (Å²) >= 11 is 0. The lowest BCUT2D eigenvalue weighted by Crippen LogP contribution is -2.22. The van der Waals surface area contributed by atoms with Gasteiger partial charge in [0, 0.05) is 19.0 Å². The van der Waals surface area contributed by atoms with Crippen molar-refractivity contribution in [1.29, 1.82) is 0 Å². The van der Waals surface area contributed by atoms with Crippen LogP contribution < -0.4 is 5.32 Å². The lowest BCUT2D eigenvalue weighted by Gasteiger charge is -2.10. The molecule has 0 amide bonds. The number of nitrogens with one attached hydrogen (secondary N) is 1. The Hall–Kier alpha value is -3.42. The predicted molar refractivity (Wildman–Crippen MR) is 91.6 cm³/mol. The van der Waals surface area contributed by atoms with Crippen molar-refractivity contribution in [3.8, 4) is 0 Å². The minimum absolute atomic E-state index is 0.00154. The van der Waals surface area contributed by atoms with Gasteiger partial charge in [0.1, 0.15) is 5.69 Å². The highest BCUT2D eigenvalue weighted by atomic mass is 16.6. The number of esters is 2. The number of benzene rings is 2. The molecule has 8 heteroatoms. The van der Waals surface area contributed by atoms with Crippen LogP contribution in [-0.4, -0.2) is 29.6 Å². The van der Waals surface area contributed by atoms with Crippen LogP contribution in [0.4, 0.5) is 11.4 Å². The predicted octanol–water partition coefficient (Wildman–Crippen LogP) is 2.68. The van der Waals surface area contributed by atoms with Crippen LogP contribution in [0.1, 0.15) is 22.3 Å². The van der Waals surface area contributed by atoms with Crippen LogP contribution >= 0.6 is 0 Å². The molecule has 0 radical (unpaired) electrons. The third-order valence-corrected chi connectivity index (χ3v) is 3.89. The zero-order chi connectivity index (χ0) is 18.5. The van der Waals surface area contributed by atoms with E-state index in [1.165, 1.54) is 12.1 Å². The van der Waals surface area contributed by atoms with Crippen molar-refractivity contribution in [2.24, 2.45) is 0 Å². The van der Waals surface area contributed by atoms with Gasteiger partial charge in [-0.1, -0.05) is 30.3 Å². The van der Waals surface area contributed by atoms with Crippen molar-refractivity contribution in [2.45, 2.75) is 19.1 Å². The molecule has 0 spiro atoms. The number of nitro groups is 1. The maximum atomic E-state index is 12.1. The topological polar surface area (TPSA) is 108 Å². The normalized spacial score (nSPS) is 16.0. The van der Waals surface area contributed by atoms with Crippen LogP contribution in [0, 0.1) is 10.1 Å². The van der Waals surface area contributed by atoms with Crippen LogP contribution in [-0.2, 0) is 20.8 Å². The quantitative estimate of drug-likeness (QED) is 0.481. The van der Waals surface area contributed by atoms with E-state index in [1.54, 1.807) is 0 Å². The molecule has 0 aliphatic carbocycles. The first-order valence-electron chi connectivity index (χ1n) is 7.98. The van der Waals surface area contributed by atoms with E-state index < -0.39 is 23.0 Å². The van der Waals surface area contributed by atoms with Gasteiger partial charge in [-0.3, -0.25) is 10.1 Å². The van der Waals surface area contributed by atoms with E-state index in [-0.39, 0.29) is 30.0 Å². The average Bonchev–Trinajstić information content (AvgIpc) is 3.05. The molecule has 0 bridgehead atoms. The maximum absolute atomic E-state index is 12.1. The Balaban J connectivity index is 1.74. The fourth-order valence-electron chi connectivity index (χ4n) is 2.53. The lowest BCUT2D eigenvalue weighted by molar-refractivity contribution is -0.384. The molecule has 3 rings (SSSR count). The van der Waals surface area contributed by atoms with Gasteiger partial charge in [0.15, 0.2) is 0 Å². The summed E-state index contributed by atoms with van der Waals surface area (Å²) in [5, 5.41) is 14.3. The molecule has 1 saturated heterocycles. The van der Waals surface area contributed by atoms with Gasteiger partial charge in [-0.05, 0) is 17.7 Å². The summed E-state index contributed by atoms with van der Waals surface area (Å²) in [5.74, 6) is -1.40. The number of carbonyl (C=O) groups excluding carboxylic acids is 2. The SMILES string of the molecule is O=C(O[C@H]1CCOC1=O)c1ccc(NCc2ccccc2)c([N+](=O)[O-])c1. The van der Waals surface area contributed by atoms with Gasteiger partial charge in [0.2, 0.25) is 6.10 Å². The van der Waals surface area contributed by atoms with Gasteiger partial charge >= 0.3 is 11.9 Å². The Labute approximate surface area is 148 Å². The minimum atomic E-state index is -0.961. The summed E-state index contributed by atoms with van der Waals surface area (Å²) in [6.45, 7) is 0.596. The molecule has 0 unspecified atom stereocenters. The Bertz CT molecular complexity index is 837. The molecule has 1 aliphatic rings. The number of hydrogen-bond donors (Lipinski definition) is 1. The third-order valence-electron chi connectivity index (χ3n) is 3.89. The molecule has 26 heavy (non-hydrogen) atoms. The summed E-state index contributed by atoms with van der Waals surface area (Å²) in [4.78, 5) is 34.3. The summed E-state index contributed by atoms with van der Waals surface area (Å²) in [6.07, 6.45) is -0.680. The van der Waals surface area contributed by atoms with E-state index >= 15 is 0 Å². The number of anilines is 1. The minimum Gasteiger partial charge on any atom is -0.463 e. The molecule has 0 saturated carbocycles. The fourth-order valence-corrected chi connectivity index (χ4v) is 2.53. The molecule has 1 heterocycles. The van der Waals surface area contributed by atoms with Crippen LogP contribution in [0.3, 0.4) is 0 Å². The smallest absolute Gasteiger partial charge is 0.347 e. The Morgan fingerprint density at radius 1 is 1.27 bits per heavy atom. The number of carbonyl (C=O) groups is 2. The molecular formula is C18H16N2O6. The first-order chi connectivity index (χ1) is 12.5. The summed E-state index contributed by atoms with van der Waals surface area (Å²) in [6, 6.07) is 13.4. The molecule has 0 aromatic heterocycles. The number of cyclic esters (lactones) is 1. The van der Waals surface area contributed by atoms with Crippen LogP contribution in [0.2, 0.25) is 0 Å². The highest BCUT2D eigenvalue weighted by Crippen LogP contribution is 2.27. The zero-order valence-electron chi connectivity index (χ0n) is 13.7. The maximum Gasteiger partial charge on any atom is 0.347 e. The van der Waals surface area contributed by atoms with Crippen LogP contribution in [0.5, 0.6) is 0 Å². The number of ether oxygens (including phenoxy) is 2. The molecular weight excluding hydrogens is 340 g/mol. The summed E-state index contributed by atoms with van der Waals surface area (Å²) in [5.41, 5.74) is 1.01. The summed E-state index contributed by atoms with van der Waals surface area (Å²) in [7, 11) is 0. The summed E-state index contributed by atoms with van der Waals surface area (Å²) < 4.78 is 9.78. The van der Waals surface area contributed by atoms with Crippen molar-refractivity contribution in [2.75, 3.05) is 11.9 Å². The largest absolute Gasteiger partial charge is 0.463 e. The molecule has 2 aromatic rings. The van der Waals surface area contributed by atoms with Gasteiger partial charge in [-0.25, -0.2) is 9.59 Å². The molecule has 1 aliphatic heterocycles. The molecule has 1 atom stereocenters. The molecule has 8 nitrogen and oxygen atoms in total. The van der Waals surface area contributed by atoms with Gasteiger partial charge in [0.05, 0.1) is 17.1 Å². The van der Waals surface area contributed by atoms with Gasteiger partial charge < -0.3 is 14.8 Å². The lowest BCUT2D eigenvalue weighted by atomic mass is 10.1. The molecule has 134 valence electrons. The monoisotopic (exact) mass is 356 g/mol. The van der Waals surface area contributed by atoms with Crippen molar-refractivity contribution in [3.63, 3.8) is 0 Å².